The first kappa shape index (κ1) is 26.1. The second-order valence-corrected chi connectivity index (χ2v) is 7.50. The molecule has 1 aliphatic rings. The first-order valence-corrected chi connectivity index (χ1v) is 10.2. The van der Waals surface area contributed by atoms with Gasteiger partial charge in [-0.15, -0.1) is 0 Å². The number of piperazine rings is 1. The van der Waals surface area contributed by atoms with E-state index in [-0.39, 0.29) is 24.3 Å². The van der Waals surface area contributed by atoms with Crippen molar-refractivity contribution < 1.29 is 19.1 Å². The third-order valence-electron chi connectivity index (χ3n) is 4.97. The van der Waals surface area contributed by atoms with E-state index in [2.05, 4.69) is 49.1 Å². The Balaban J connectivity index is 0.00000233. The summed E-state index contributed by atoms with van der Waals surface area (Å²) in [5.41, 5.74) is 2.27. The molecule has 1 fully saturated rings. The Morgan fingerprint density at radius 2 is 1.74 bits per heavy atom. The highest BCUT2D eigenvalue weighted by Gasteiger charge is 2.20. The number of nitrogens with one attached hydrogen (secondary N) is 1. The lowest BCUT2D eigenvalue weighted by Gasteiger charge is -2.36. The zero-order chi connectivity index (χ0) is 23.4. The third kappa shape index (κ3) is 8.37. The lowest BCUT2D eigenvalue weighted by Crippen LogP contribution is -2.50. The standard InChI is InChI=1S/C21H33N5O3.CH2O/c1-16(14-20(28)29-5)23-19(27)15-25-10-12-26(13-11-25)18-8-6-17(7-9-18)21(22-2)24(3)4;1-2/h6-9,16H,10-15H2,1-5H3,(H,23,27);1H2. The molecule has 1 saturated heterocycles. The van der Waals surface area contributed by atoms with Gasteiger partial charge in [-0.2, -0.15) is 0 Å². The number of hydrogen-bond acceptors (Lipinski definition) is 7. The molecule has 0 radical (unpaired) electrons. The molecule has 0 aromatic heterocycles. The monoisotopic (exact) mass is 433 g/mol. The van der Waals surface area contributed by atoms with Gasteiger partial charge in [0.15, 0.2) is 0 Å². The van der Waals surface area contributed by atoms with E-state index in [1.165, 1.54) is 12.8 Å². The molecule has 31 heavy (non-hydrogen) atoms. The average molecular weight is 434 g/mol. The fraction of sp³-hybridized carbons (Fsp3) is 0.545. The van der Waals surface area contributed by atoms with Crippen LogP contribution in [-0.4, -0.2) is 101 Å². The molecular formula is C22H35N5O4. The second-order valence-electron chi connectivity index (χ2n) is 7.50. The molecule has 1 amide bonds. The van der Waals surface area contributed by atoms with Crippen molar-refractivity contribution in [2.45, 2.75) is 19.4 Å². The topological polar surface area (TPSA) is 94.6 Å². The normalized spacial score (nSPS) is 15.4. The molecule has 0 aliphatic carbocycles. The molecule has 0 saturated carbocycles. The Labute approximate surface area is 185 Å². The maximum Gasteiger partial charge on any atom is 0.307 e. The van der Waals surface area contributed by atoms with Crippen molar-refractivity contribution in [3.05, 3.63) is 29.8 Å². The fourth-order valence-electron chi connectivity index (χ4n) is 3.48. The van der Waals surface area contributed by atoms with Crippen molar-refractivity contribution >= 4 is 30.2 Å². The molecule has 1 unspecified atom stereocenters. The number of carbonyl (C=O) groups excluding carboxylic acids is 3. The van der Waals surface area contributed by atoms with Crippen molar-refractivity contribution in [3.8, 4) is 0 Å². The Bertz CT molecular complexity index is 728. The summed E-state index contributed by atoms with van der Waals surface area (Å²) in [6.45, 7) is 7.53. The van der Waals surface area contributed by atoms with E-state index in [1.807, 2.05) is 25.8 Å². The summed E-state index contributed by atoms with van der Waals surface area (Å²) < 4.78 is 4.63. The summed E-state index contributed by atoms with van der Waals surface area (Å²) in [5.74, 6) is 0.573. The van der Waals surface area contributed by atoms with Crippen LogP contribution in [-0.2, 0) is 19.1 Å². The lowest BCUT2D eigenvalue weighted by molar-refractivity contribution is -0.141. The summed E-state index contributed by atoms with van der Waals surface area (Å²) in [6, 6.07) is 8.22. The number of nitrogens with zero attached hydrogens (tertiary/aromatic N) is 4. The molecule has 1 N–H and O–H groups in total. The van der Waals surface area contributed by atoms with Crippen LogP contribution in [0.25, 0.3) is 0 Å². The number of carbonyl (C=O) groups is 3. The van der Waals surface area contributed by atoms with Gasteiger partial charge in [0.1, 0.15) is 12.6 Å². The van der Waals surface area contributed by atoms with Gasteiger partial charge < -0.3 is 24.6 Å². The van der Waals surface area contributed by atoms with Crippen molar-refractivity contribution in [2.24, 2.45) is 4.99 Å². The summed E-state index contributed by atoms with van der Waals surface area (Å²) in [4.78, 5) is 42.3. The minimum atomic E-state index is -0.319. The predicted molar refractivity (Wildman–Crippen MR) is 123 cm³/mol. The van der Waals surface area contributed by atoms with E-state index in [1.54, 1.807) is 14.0 Å². The van der Waals surface area contributed by atoms with Gasteiger partial charge in [0.2, 0.25) is 5.91 Å². The van der Waals surface area contributed by atoms with Crippen LogP contribution < -0.4 is 10.2 Å². The molecule has 0 spiro atoms. The third-order valence-corrected chi connectivity index (χ3v) is 4.97. The van der Waals surface area contributed by atoms with Gasteiger partial charge in [0, 0.05) is 64.6 Å². The summed E-state index contributed by atoms with van der Waals surface area (Å²) in [5, 5.41) is 2.86. The molecular weight excluding hydrogens is 398 g/mol. The number of amidine groups is 1. The fourth-order valence-corrected chi connectivity index (χ4v) is 3.48. The van der Waals surface area contributed by atoms with Gasteiger partial charge in [-0.05, 0) is 31.2 Å². The molecule has 1 aromatic carbocycles. The Morgan fingerprint density at radius 3 is 2.23 bits per heavy atom. The maximum absolute atomic E-state index is 12.2. The number of aliphatic imine (C=N–C) groups is 1. The molecule has 1 heterocycles. The molecule has 1 aromatic rings. The molecule has 0 bridgehead atoms. The highest BCUT2D eigenvalue weighted by Crippen LogP contribution is 2.18. The van der Waals surface area contributed by atoms with E-state index in [0.717, 1.165) is 37.6 Å². The van der Waals surface area contributed by atoms with E-state index in [0.29, 0.717) is 6.54 Å². The SMILES string of the molecule is C=O.CN=C(c1ccc(N2CCN(CC(=O)NC(C)CC(=O)OC)CC2)cc1)N(C)C. The van der Waals surface area contributed by atoms with Gasteiger partial charge in [-0.3, -0.25) is 19.5 Å². The molecule has 1 aliphatic heterocycles. The van der Waals surface area contributed by atoms with Gasteiger partial charge in [0.25, 0.3) is 0 Å². The largest absolute Gasteiger partial charge is 0.469 e. The van der Waals surface area contributed by atoms with E-state index in [9.17, 15) is 9.59 Å². The van der Waals surface area contributed by atoms with Crippen molar-refractivity contribution in [1.29, 1.82) is 0 Å². The minimum Gasteiger partial charge on any atom is -0.469 e. The predicted octanol–water partition coefficient (Wildman–Crippen LogP) is 0.630. The molecule has 9 heteroatoms. The number of amides is 1. The number of anilines is 1. The maximum atomic E-state index is 12.2. The molecule has 2 rings (SSSR count). The first-order chi connectivity index (χ1) is 14.8. The van der Waals surface area contributed by atoms with Crippen LogP contribution in [0.4, 0.5) is 5.69 Å². The van der Waals surface area contributed by atoms with E-state index in [4.69, 9.17) is 4.79 Å². The zero-order valence-electron chi connectivity index (χ0n) is 19.3. The Kier molecular flexibility index (Phi) is 11.3. The van der Waals surface area contributed by atoms with Gasteiger partial charge in [0.05, 0.1) is 20.1 Å². The van der Waals surface area contributed by atoms with Crippen LogP contribution in [0, 0.1) is 0 Å². The minimum absolute atomic E-state index is 0.0609. The van der Waals surface area contributed by atoms with Crippen LogP contribution in [0.5, 0.6) is 0 Å². The number of ether oxygens (including phenoxy) is 1. The number of methoxy groups -OCH3 is 1. The molecule has 172 valence electrons. The quantitative estimate of drug-likeness (QED) is 0.383. The molecule has 9 nitrogen and oxygen atoms in total. The highest BCUT2D eigenvalue weighted by atomic mass is 16.5. The van der Waals surface area contributed by atoms with Crippen LogP contribution >= 0.6 is 0 Å². The van der Waals surface area contributed by atoms with E-state index >= 15 is 0 Å². The number of rotatable bonds is 7. The average Bonchev–Trinajstić information content (AvgIpc) is 2.76. The summed E-state index contributed by atoms with van der Waals surface area (Å²) >= 11 is 0. The van der Waals surface area contributed by atoms with Crippen LogP contribution in [0.15, 0.2) is 29.3 Å². The Hall–Kier alpha value is -2.94. The lowest BCUT2D eigenvalue weighted by atomic mass is 10.1. The van der Waals surface area contributed by atoms with Gasteiger partial charge in [-0.25, -0.2) is 0 Å². The summed E-state index contributed by atoms with van der Waals surface area (Å²) in [7, 11) is 7.13. The van der Waals surface area contributed by atoms with Crippen LogP contribution in [0.2, 0.25) is 0 Å². The van der Waals surface area contributed by atoms with Crippen LogP contribution in [0.1, 0.15) is 18.9 Å². The number of esters is 1. The second kappa shape index (κ2) is 13.4. The van der Waals surface area contributed by atoms with Crippen molar-refractivity contribution in [1.82, 2.24) is 15.1 Å². The number of benzene rings is 1. The Morgan fingerprint density at radius 1 is 1.16 bits per heavy atom. The first-order valence-electron chi connectivity index (χ1n) is 10.2. The van der Waals surface area contributed by atoms with Crippen LogP contribution in [0.3, 0.4) is 0 Å². The highest BCUT2D eigenvalue weighted by molar-refractivity contribution is 5.98. The van der Waals surface area contributed by atoms with Crippen molar-refractivity contribution in [3.63, 3.8) is 0 Å². The summed E-state index contributed by atoms with van der Waals surface area (Å²) in [6.07, 6.45) is 0.185. The number of hydrogen-bond donors (Lipinski definition) is 1. The smallest absolute Gasteiger partial charge is 0.307 e. The van der Waals surface area contributed by atoms with Gasteiger partial charge >= 0.3 is 5.97 Å². The molecule has 1 atom stereocenters. The van der Waals surface area contributed by atoms with Gasteiger partial charge in [-0.1, -0.05) is 0 Å². The van der Waals surface area contributed by atoms with Crippen molar-refractivity contribution in [2.75, 3.05) is 65.9 Å². The zero-order valence-corrected chi connectivity index (χ0v) is 19.3. The van der Waals surface area contributed by atoms with E-state index < -0.39 is 0 Å².